The summed E-state index contributed by atoms with van der Waals surface area (Å²) in [7, 11) is 0. The number of benzene rings is 2. The van der Waals surface area contributed by atoms with Gasteiger partial charge >= 0.3 is 0 Å². The van der Waals surface area contributed by atoms with Crippen molar-refractivity contribution >= 4 is 11.6 Å². The Balaban J connectivity index is 1.97. The summed E-state index contributed by atoms with van der Waals surface area (Å²) in [5.41, 5.74) is 3.70. The van der Waals surface area contributed by atoms with Crippen LogP contribution in [-0.2, 0) is 4.79 Å². The number of carbonyl (C=O) groups is 1. The lowest BCUT2D eigenvalue weighted by Crippen LogP contribution is -2.20. The highest BCUT2D eigenvalue weighted by Crippen LogP contribution is 2.22. The molecule has 0 bridgehead atoms. The maximum atomic E-state index is 13.0. The number of anilines is 1. The first kappa shape index (κ1) is 15.0. The summed E-state index contributed by atoms with van der Waals surface area (Å²) in [4.78, 5) is 11.8. The van der Waals surface area contributed by atoms with Crippen molar-refractivity contribution in [2.24, 2.45) is 0 Å². The van der Waals surface area contributed by atoms with Crippen LogP contribution in [0.5, 0.6) is 5.75 Å². The van der Waals surface area contributed by atoms with E-state index in [2.05, 4.69) is 5.32 Å². The van der Waals surface area contributed by atoms with Gasteiger partial charge in [-0.15, -0.1) is 0 Å². The molecule has 1 amide bonds. The summed E-state index contributed by atoms with van der Waals surface area (Å²) in [6.45, 7) is 5.85. The maximum Gasteiger partial charge on any atom is 0.262 e. The van der Waals surface area contributed by atoms with E-state index in [1.165, 1.54) is 17.7 Å². The lowest BCUT2D eigenvalue weighted by atomic mass is 10.1. The zero-order valence-corrected chi connectivity index (χ0v) is 12.4. The molecule has 0 aliphatic carbocycles. The molecule has 0 saturated heterocycles. The topological polar surface area (TPSA) is 38.3 Å². The van der Waals surface area contributed by atoms with Crippen LogP contribution >= 0.6 is 0 Å². The van der Waals surface area contributed by atoms with Crippen molar-refractivity contribution in [3.05, 3.63) is 58.9 Å². The van der Waals surface area contributed by atoms with Crippen molar-refractivity contribution in [1.82, 2.24) is 0 Å². The normalized spacial score (nSPS) is 10.3. The summed E-state index contributed by atoms with van der Waals surface area (Å²) in [6, 6.07) is 9.70. The van der Waals surface area contributed by atoms with Gasteiger partial charge in [0, 0.05) is 5.69 Å². The van der Waals surface area contributed by atoms with Gasteiger partial charge in [-0.3, -0.25) is 4.79 Å². The summed E-state index contributed by atoms with van der Waals surface area (Å²) in [5, 5.41) is 2.59. The smallest absolute Gasteiger partial charge is 0.262 e. The number of hydrogen-bond donors (Lipinski definition) is 1. The van der Waals surface area contributed by atoms with Gasteiger partial charge in [-0.2, -0.15) is 0 Å². The van der Waals surface area contributed by atoms with Crippen molar-refractivity contribution < 1.29 is 13.9 Å². The first-order valence-corrected chi connectivity index (χ1v) is 6.72. The Bertz CT molecular complexity index is 668. The molecule has 3 nitrogen and oxygen atoms in total. The number of ether oxygens (including phenoxy) is 1. The van der Waals surface area contributed by atoms with E-state index in [1.54, 1.807) is 12.1 Å². The molecule has 0 atom stereocenters. The van der Waals surface area contributed by atoms with E-state index in [0.29, 0.717) is 11.4 Å². The molecule has 2 aromatic rings. The van der Waals surface area contributed by atoms with Crippen molar-refractivity contribution in [3.8, 4) is 5.75 Å². The van der Waals surface area contributed by atoms with Crippen LogP contribution in [0.2, 0.25) is 0 Å². The molecular weight excluding hydrogens is 269 g/mol. The van der Waals surface area contributed by atoms with Crippen molar-refractivity contribution in [2.75, 3.05) is 11.9 Å². The summed E-state index contributed by atoms with van der Waals surface area (Å²) in [5.74, 6) is -0.0237. The highest BCUT2D eigenvalue weighted by molar-refractivity contribution is 5.91. The van der Waals surface area contributed by atoms with Crippen LogP contribution in [0.3, 0.4) is 0 Å². The Morgan fingerprint density at radius 3 is 2.52 bits per heavy atom. The third-order valence-corrected chi connectivity index (χ3v) is 3.26. The van der Waals surface area contributed by atoms with Crippen LogP contribution in [0.1, 0.15) is 16.7 Å². The summed E-state index contributed by atoms with van der Waals surface area (Å²) in [6.07, 6.45) is 0. The molecule has 2 rings (SSSR count). The predicted molar refractivity (Wildman–Crippen MR) is 81.2 cm³/mol. The third-order valence-electron chi connectivity index (χ3n) is 3.26. The Kier molecular flexibility index (Phi) is 4.58. The molecule has 2 aromatic carbocycles. The lowest BCUT2D eigenvalue weighted by molar-refractivity contribution is -0.118. The van der Waals surface area contributed by atoms with E-state index < -0.39 is 5.82 Å². The van der Waals surface area contributed by atoms with Crippen LogP contribution in [0.25, 0.3) is 0 Å². The molecule has 21 heavy (non-hydrogen) atoms. The van der Waals surface area contributed by atoms with Crippen LogP contribution in [0, 0.1) is 26.6 Å². The van der Waals surface area contributed by atoms with E-state index in [4.69, 9.17) is 4.74 Å². The Labute approximate surface area is 123 Å². The molecule has 0 saturated carbocycles. The summed E-state index contributed by atoms with van der Waals surface area (Å²) >= 11 is 0. The van der Waals surface area contributed by atoms with E-state index in [0.717, 1.165) is 11.1 Å². The molecular formula is C17H18FNO2. The van der Waals surface area contributed by atoms with Gasteiger partial charge in [-0.25, -0.2) is 4.39 Å². The second-order valence-electron chi connectivity index (χ2n) is 5.05. The summed E-state index contributed by atoms with van der Waals surface area (Å²) < 4.78 is 18.6. The first-order valence-electron chi connectivity index (χ1n) is 6.72. The van der Waals surface area contributed by atoms with Gasteiger partial charge in [0.15, 0.2) is 6.61 Å². The fourth-order valence-electron chi connectivity index (χ4n) is 2.00. The molecule has 0 aliphatic heterocycles. The minimum absolute atomic E-state index is 0.111. The van der Waals surface area contributed by atoms with Crippen molar-refractivity contribution in [2.45, 2.75) is 20.8 Å². The molecule has 0 heterocycles. The van der Waals surface area contributed by atoms with Crippen LogP contribution in [0.15, 0.2) is 36.4 Å². The van der Waals surface area contributed by atoms with E-state index in [-0.39, 0.29) is 12.5 Å². The second kappa shape index (κ2) is 6.39. The minimum atomic E-state index is -0.390. The monoisotopic (exact) mass is 287 g/mol. The van der Waals surface area contributed by atoms with Gasteiger partial charge in [-0.05, 0) is 61.7 Å². The molecule has 0 radical (unpaired) electrons. The molecule has 0 fully saturated rings. The van der Waals surface area contributed by atoms with Crippen molar-refractivity contribution in [3.63, 3.8) is 0 Å². The highest BCUT2D eigenvalue weighted by atomic mass is 19.1. The number of aryl methyl sites for hydroxylation is 3. The quantitative estimate of drug-likeness (QED) is 0.929. The van der Waals surface area contributed by atoms with Gasteiger partial charge in [0.1, 0.15) is 11.6 Å². The zero-order valence-electron chi connectivity index (χ0n) is 12.4. The second-order valence-corrected chi connectivity index (χ2v) is 5.05. The van der Waals surface area contributed by atoms with Crippen LogP contribution < -0.4 is 10.1 Å². The molecule has 0 unspecified atom stereocenters. The number of hydrogen-bond acceptors (Lipinski definition) is 2. The predicted octanol–water partition coefficient (Wildman–Crippen LogP) is 3.77. The third kappa shape index (κ3) is 4.05. The Morgan fingerprint density at radius 2 is 1.81 bits per heavy atom. The molecule has 0 aliphatic rings. The average molecular weight is 287 g/mol. The zero-order chi connectivity index (χ0) is 15.4. The Hall–Kier alpha value is -2.36. The van der Waals surface area contributed by atoms with Gasteiger partial charge in [0.05, 0.1) is 0 Å². The van der Waals surface area contributed by atoms with Crippen molar-refractivity contribution in [1.29, 1.82) is 0 Å². The van der Waals surface area contributed by atoms with Gasteiger partial charge in [0.25, 0.3) is 5.91 Å². The fourth-order valence-corrected chi connectivity index (χ4v) is 2.00. The van der Waals surface area contributed by atoms with Gasteiger partial charge in [0.2, 0.25) is 0 Å². The molecule has 110 valence electrons. The molecule has 0 aromatic heterocycles. The van der Waals surface area contributed by atoms with Gasteiger partial charge in [-0.1, -0.05) is 12.1 Å². The average Bonchev–Trinajstić information content (AvgIpc) is 2.41. The molecule has 4 heteroatoms. The number of rotatable bonds is 4. The highest BCUT2D eigenvalue weighted by Gasteiger charge is 2.07. The standard InChI is InChI=1S/C17H18FNO2/c1-11-7-13(3)16(8-12(11)2)21-10-17(20)19-15-6-4-5-14(18)9-15/h4-9H,10H2,1-3H3,(H,19,20). The molecule has 1 N–H and O–H groups in total. The first-order chi connectivity index (χ1) is 9.95. The number of halogens is 1. The lowest BCUT2D eigenvalue weighted by Gasteiger charge is -2.12. The minimum Gasteiger partial charge on any atom is -0.483 e. The molecule has 0 spiro atoms. The largest absolute Gasteiger partial charge is 0.483 e. The van der Waals surface area contributed by atoms with Crippen LogP contribution in [-0.4, -0.2) is 12.5 Å². The van der Waals surface area contributed by atoms with E-state index >= 15 is 0 Å². The Morgan fingerprint density at radius 1 is 1.10 bits per heavy atom. The van der Waals surface area contributed by atoms with Crippen LogP contribution in [0.4, 0.5) is 10.1 Å². The number of nitrogens with one attached hydrogen (secondary N) is 1. The van der Waals surface area contributed by atoms with E-state index in [1.807, 2.05) is 32.9 Å². The van der Waals surface area contributed by atoms with Gasteiger partial charge < -0.3 is 10.1 Å². The SMILES string of the molecule is Cc1cc(C)c(OCC(=O)Nc2cccc(F)c2)cc1C. The fraction of sp³-hybridized carbons (Fsp3) is 0.235. The number of amides is 1. The number of carbonyl (C=O) groups excluding carboxylic acids is 1. The maximum absolute atomic E-state index is 13.0. The van der Waals surface area contributed by atoms with E-state index in [9.17, 15) is 9.18 Å².